The van der Waals surface area contributed by atoms with Crippen molar-refractivity contribution in [1.82, 2.24) is 5.32 Å². The van der Waals surface area contributed by atoms with Gasteiger partial charge in [0.15, 0.2) is 0 Å². The number of hydrogen-bond acceptors (Lipinski definition) is 3. The molecule has 0 aromatic heterocycles. The molecule has 0 spiro atoms. The molecule has 0 aliphatic heterocycles. The quantitative estimate of drug-likeness (QED) is 0.786. The Morgan fingerprint density at radius 2 is 2.05 bits per heavy atom. The van der Waals surface area contributed by atoms with Gasteiger partial charge in [-0.25, -0.2) is 0 Å². The van der Waals surface area contributed by atoms with Gasteiger partial charge >= 0.3 is 0 Å². The summed E-state index contributed by atoms with van der Waals surface area (Å²) in [6.45, 7) is 4.24. The highest BCUT2D eigenvalue weighted by Gasteiger charge is 2.30. The zero-order valence-corrected chi connectivity index (χ0v) is 12.9. The third kappa shape index (κ3) is 5.22. The number of benzene rings is 1. The number of hydrogen-bond donors (Lipinski definition) is 2. The Bertz CT molecular complexity index is 507. The van der Waals surface area contributed by atoms with Crippen molar-refractivity contribution in [3.05, 3.63) is 35.4 Å². The molecule has 114 valence electrons. The molecule has 0 saturated carbocycles. The molecule has 1 amide bonds. The first-order chi connectivity index (χ1) is 10.1. The van der Waals surface area contributed by atoms with Gasteiger partial charge in [-0.3, -0.25) is 4.79 Å². The predicted octanol–water partition coefficient (Wildman–Crippen LogP) is 1.85. The Morgan fingerprint density at radius 3 is 2.57 bits per heavy atom. The van der Waals surface area contributed by atoms with E-state index in [4.69, 9.17) is 9.84 Å². The molecule has 0 bridgehead atoms. The Hall–Kier alpha value is -1.83. The molecular formula is C17H23NO3. The van der Waals surface area contributed by atoms with Crippen LogP contribution in [0.1, 0.15) is 37.8 Å². The highest BCUT2D eigenvalue weighted by atomic mass is 16.5. The molecule has 1 atom stereocenters. The van der Waals surface area contributed by atoms with Crippen molar-refractivity contribution < 1.29 is 14.6 Å². The third-order valence-corrected chi connectivity index (χ3v) is 3.48. The molecule has 0 aliphatic carbocycles. The number of aliphatic hydroxyl groups is 1. The number of methoxy groups -OCH3 is 1. The van der Waals surface area contributed by atoms with Gasteiger partial charge < -0.3 is 15.2 Å². The van der Waals surface area contributed by atoms with E-state index in [1.807, 2.05) is 31.2 Å². The van der Waals surface area contributed by atoms with E-state index < -0.39 is 5.60 Å². The van der Waals surface area contributed by atoms with E-state index in [0.717, 1.165) is 11.1 Å². The van der Waals surface area contributed by atoms with E-state index in [1.54, 1.807) is 14.0 Å². The van der Waals surface area contributed by atoms with Crippen LogP contribution in [0.5, 0.6) is 0 Å². The van der Waals surface area contributed by atoms with Gasteiger partial charge in [-0.15, -0.1) is 0 Å². The molecule has 0 fully saturated rings. The summed E-state index contributed by atoms with van der Waals surface area (Å²) in [6, 6.07) is 7.67. The van der Waals surface area contributed by atoms with Crippen LogP contribution in [0.3, 0.4) is 0 Å². The zero-order chi connectivity index (χ0) is 15.7. The van der Waals surface area contributed by atoms with Crippen LogP contribution >= 0.6 is 0 Å². The fourth-order valence-corrected chi connectivity index (χ4v) is 1.69. The highest BCUT2D eigenvalue weighted by Crippen LogP contribution is 2.14. The van der Waals surface area contributed by atoms with E-state index in [0.29, 0.717) is 19.4 Å². The van der Waals surface area contributed by atoms with Crippen molar-refractivity contribution in [2.45, 2.75) is 38.8 Å². The normalized spacial score (nSPS) is 13.0. The summed E-state index contributed by atoms with van der Waals surface area (Å²) in [5.41, 5.74) is 1.12. The molecule has 0 radical (unpaired) electrons. The Morgan fingerprint density at radius 1 is 1.38 bits per heavy atom. The second-order valence-electron chi connectivity index (χ2n) is 4.94. The van der Waals surface area contributed by atoms with E-state index in [9.17, 15) is 4.79 Å². The summed E-state index contributed by atoms with van der Waals surface area (Å²) in [4.78, 5) is 12.1. The molecule has 0 aliphatic rings. The summed E-state index contributed by atoms with van der Waals surface area (Å²) < 4.78 is 5.26. The van der Waals surface area contributed by atoms with Crippen LogP contribution in [-0.4, -0.2) is 30.3 Å². The first kappa shape index (κ1) is 17.2. The summed E-state index contributed by atoms with van der Waals surface area (Å²) in [6.07, 6.45) is 1.10. The molecule has 2 N–H and O–H groups in total. The molecule has 21 heavy (non-hydrogen) atoms. The monoisotopic (exact) mass is 289 g/mol. The number of nitrogens with one attached hydrogen (secondary N) is 1. The van der Waals surface area contributed by atoms with Gasteiger partial charge in [-0.05, 0) is 31.0 Å². The summed E-state index contributed by atoms with van der Waals surface area (Å²) in [5.74, 6) is 5.72. The van der Waals surface area contributed by atoms with Crippen molar-refractivity contribution >= 4 is 5.91 Å². The molecule has 0 heterocycles. The summed E-state index contributed by atoms with van der Waals surface area (Å²) >= 11 is 0. The maximum atomic E-state index is 12.1. The van der Waals surface area contributed by atoms with Gasteiger partial charge in [0.05, 0.1) is 6.61 Å². The molecule has 4 heteroatoms. The molecule has 1 rings (SSSR count). The lowest BCUT2D eigenvalue weighted by atomic mass is 10.0. The molecule has 4 nitrogen and oxygen atoms in total. The van der Waals surface area contributed by atoms with Gasteiger partial charge in [0.25, 0.3) is 5.91 Å². The molecule has 1 aromatic carbocycles. The lowest BCUT2D eigenvalue weighted by molar-refractivity contribution is -0.142. The van der Waals surface area contributed by atoms with Crippen LogP contribution in [0.15, 0.2) is 24.3 Å². The summed E-state index contributed by atoms with van der Waals surface area (Å²) in [5, 5.41) is 11.5. The first-order valence-corrected chi connectivity index (χ1v) is 7.08. The standard InChI is InChI=1S/C17H23NO3/c1-4-17(2,21-3)16(20)18-13-15-10-8-14(9-11-15)7-5-6-12-19/h8-11,19H,4,6,12-13H2,1-3H3,(H,18,20). The number of carbonyl (C=O) groups excluding carboxylic acids is 1. The highest BCUT2D eigenvalue weighted by molar-refractivity contribution is 5.84. The van der Waals surface area contributed by atoms with Crippen molar-refractivity contribution in [3.63, 3.8) is 0 Å². The van der Waals surface area contributed by atoms with Crippen LogP contribution in [0.2, 0.25) is 0 Å². The molecule has 0 saturated heterocycles. The van der Waals surface area contributed by atoms with E-state index >= 15 is 0 Å². The fraction of sp³-hybridized carbons (Fsp3) is 0.471. The molecular weight excluding hydrogens is 266 g/mol. The Labute approximate surface area is 126 Å². The van der Waals surface area contributed by atoms with Crippen molar-refractivity contribution in [2.24, 2.45) is 0 Å². The number of ether oxygens (including phenoxy) is 1. The molecule has 1 aromatic rings. The maximum Gasteiger partial charge on any atom is 0.252 e. The van der Waals surface area contributed by atoms with Gasteiger partial charge in [0, 0.05) is 25.6 Å². The SMILES string of the molecule is CCC(C)(OC)C(=O)NCc1ccc(C#CCCO)cc1. The van der Waals surface area contributed by atoms with E-state index in [-0.39, 0.29) is 12.5 Å². The predicted molar refractivity (Wildman–Crippen MR) is 82.6 cm³/mol. The van der Waals surface area contributed by atoms with Crippen molar-refractivity contribution in [3.8, 4) is 11.8 Å². The first-order valence-electron chi connectivity index (χ1n) is 7.08. The average Bonchev–Trinajstić information content (AvgIpc) is 2.53. The Kier molecular flexibility index (Phi) is 6.93. The lowest BCUT2D eigenvalue weighted by Gasteiger charge is -2.25. The van der Waals surface area contributed by atoms with E-state index in [2.05, 4.69) is 17.2 Å². The maximum absolute atomic E-state index is 12.1. The third-order valence-electron chi connectivity index (χ3n) is 3.48. The number of aliphatic hydroxyl groups excluding tert-OH is 1. The summed E-state index contributed by atoms with van der Waals surface area (Å²) in [7, 11) is 1.54. The number of amides is 1. The topological polar surface area (TPSA) is 58.6 Å². The smallest absolute Gasteiger partial charge is 0.252 e. The largest absolute Gasteiger partial charge is 0.395 e. The van der Waals surface area contributed by atoms with Gasteiger partial charge in [-0.2, -0.15) is 0 Å². The second kappa shape index (κ2) is 8.46. The average molecular weight is 289 g/mol. The van der Waals surface area contributed by atoms with Crippen LogP contribution in [0, 0.1) is 11.8 Å². The minimum Gasteiger partial charge on any atom is -0.395 e. The Balaban J connectivity index is 2.57. The number of carbonyl (C=O) groups is 1. The minimum atomic E-state index is -0.782. The van der Waals surface area contributed by atoms with Crippen LogP contribution < -0.4 is 5.32 Å². The number of rotatable bonds is 6. The van der Waals surface area contributed by atoms with Crippen LogP contribution in [-0.2, 0) is 16.1 Å². The van der Waals surface area contributed by atoms with Gasteiger partial charge in [-0.1, -0.05) is 30.9 Å². The fourth-order valence-electron chi connectivity index (χ4n) is 1.69. The van der Waals surface area contributed by atoms with Crippen LogP contribution in [0.25, 0.3) is 0 Å². The van der Waals surface area contributed by atoms with E-state index in [1.165, 1.54) is 0 Å². The minimum absolute atomic E-state index is 0.0762. The van der Waals surface area contributed by atoms with Crippen molar-refractivity contribution in [1.29, 1.82) is 0 Å². The van der Waals surface area contributed by atoms with Crippen molar-refractivity contribution in [2.75, 3.05) is 13.7 Å². The lowest BCUT2D eigenvalue weighted by Crippen LogP contribution is -2.45. The molecule has 1 unspecified atom stereocenters. The van der Waals surface area contributed by atoms with Gasteiger partial charge in [0.1, 0.15) is 5.60 Å². The second-order valence-corrected chi connectivity index (χ2v) is 4.94. The zero-order valence-electron chi connectivity index (χ0n) is 12.9. The van der Waals surface area contributed by atoms with Crippen LogP contribution in [0.4, 0.5) is 0 Å². The van der Waals surface area contributed by atoms with Gasteiger partial charge in [0.2, 0.25) is 0 Å².